The maximum absolute atomic E-state index is 13.0. The van der Waals surface area contributed by atoms with Crippen LogP contribution in [-0.4, -0.2) is 37.2 Å². The first kappa shape index (κ1) is 15.7. The number of nitrogens with zero attached hydrogens (tertiary/aromatic N) is 1. The first-order valence-corrected chi connectivity index (χ1v) is 6.99. The van der Waals surface area contributed by atoms with Crippen molar-refractivity contribution >= 4 is 5.91 Å². The van der Waals surface area contributed by atoms with Crippen molar-refractivity contribution in [1.29, 1.82) is 0 Å². The van der Waals surface area contributed by atoms with Crippen LogP contribution in [0.2, 0.25) is 0 Å². The van der Waals surface area contributed by atoms with Gasteiger partial charge in [-0.1, -0.05) is 12.1 Å². The van der Waals surface area contributed by atoms with Crippen molar-refractivity contribution in [3.05, 3.63) is 46.8 Å². The zero-order valence-corrected chi connectivity index (χ0v) is 12.6. The van der Waals surface area contributed by atoms with E-state index in [0.29, 0.717) is 19.7 Å². The zero-order valence-electron chi connectivity index (χ0n) is 12.6. The molecule has 0 aliphatic carbocycles. The molecule has 1 aromatic carbocycles. The highest BCUT2D eigenvalue weighted by Crippen LogP contribution is 2.25. The van der Waals surface area contributed by atoms with E-state index in [9.17, 15) is 9.18 Å². The molecule has 21 heavy (non-hydrogen) atoms. The Morgan fingerprint density at radius 1 is 1.29 bits per heavy atom. The number of ether oxygens (including phenoxy) is 1. The Kier molecular flexibility index (Phi) is 5.09. The minimum Gasteiger partial charge on any atom is -0.383 e. The van der Waals surface area contributed by atoms with Crippen LogP contribution >= 0.6 is 0 Å². The molecule has 0 unspecified atom stereocenters. The van der Waals surface area contributed by atoms with E-state index in [1.807, 2.05) is 13.8 Å². The van der Waals surface area contributed by atoms with Crippen LogP contribution in [0.1, 0.15) is 19.4 Å². The molecule has 0 fully saturated rings. The molecule has 1 aromatic rings. The van der Waals surface area contributed by atoms with E-state index in [1.54, 1.807) is 24.1 Å². The second-order valence-electron chi connectivity index (χ2n) is 5.22. The highest BCUT2D eigenvalue weighted by molar-refractivity contribution is 5.96. The number of hydrogen-bond donors (Lipinski definition) is 1. The Morgan fingerprint density at radius 3 is 2.57 bits per heavy atom. The fourth-order valence-corrected chi connectivity index (χ4v) is 2.45. The van der Waals surface area contributed by atoms with Crippen LogP contribution in [0.15, 0.2) is 35.4 Å². The van der Waals surface area contributed by atoms with Crippen molar-refractivity contribution in [2.75, 3.05) is 20.3 Å². The molecular formula is C16H21FN2O2. The molecule has 0 radical (unpaired) electrons. The van der Waals surface area contributed by atoms with Gasteiger partial charge in [-0.25, -0.2) is 4.39 Å². The molecule has 2 rings (SSSR count). The first-order chi connectivity index (χ1) is 10.0. The molecule has 4 nitrogen and oxygen atoms in total. The largest absolute Gasteiger partial charge is 0.383 e. The molecular weight excluding hydrogens is 271 g/mol. The van der Waals surface area contributed by atoms with E-state index in [4.69, 9.17) is 4.74 Å². The second kappa shape index (κ2) is 6.83. The number of rotatable bonds is 6. The molecule has 0 spiro atoms. The summed E-state index contributed by atoms with van der Waals surface area (Å²) in [4.78, 5) is 14.1. The fourth-order valence-electron chi connectivity index (χ4n) is 2.45. The number of hydrogen-bond acceptors (Lipinski definition) is 3. The van der Waals surface area contributed by atoms with Gasteiger partial charge in [0.25, 0.3) is 5.91 Å². The Balaban J connectivity index is 2.11. The van der Waals surface area contributed by atoms with Crippen LogP contribution in [0.5, 0.6) is 0 Å². The zero-order chi connectivity index (χ0) is 15.4. The predicted molar refractivity (Wildman–Crippen MR) is 79.0 cm³/mol. The summed E-state index contributed by atoms with van der Waals surface area (Å²) in [7, 11) is 1.64. The highest BCUT2D eigenvalue weighted by atomic mass is 19.1. The number of nitrogens with one attached hydrogen (secondary N) is 1. The van der Waals surface area contributed by atoms with Crippen LogP contribution < -0.4 is 5.32 Å². The van der Waals surface area contributed by atoms with Crippen LogP contribution in [0.4, 0.5) is 4.39 Å². The lowest BCUT2D eigenvalue weighted by Gasteiger charge is -2.27. The third-order valence-corrected chi connectivity index (χ3v) is 3.81. The van der Waals surface area contributed by atoms with Gasteiger partial charge >= 0.3 is 0 Å². The SMILES string of the molecule is COCCN[C@H]1C(C)=C(C)C(=O)N1Cc1ccc(F)cc1. The molecule has 1 atom stereocenters. The maximum Gasteiger partial charge on any atom is 0.251 e. The number of benzene rings is 1. The Hall–Kier alpha value is -1.72. The van der Waals surface area contributed by atoms with Crippen molar-refractivity contribution in [3.8, 4) is 0 Å². The number of halogens is 1. The van der Waals surface area contributed by atoms with Crippen LogP contribution in [-0.2, 0) is 16.1 Å². The van der Waals surface area contributed by atoms with E-state index in [1.165, 1.54) is 12.1 Å². The molecule has 1 aliphatic heterocycles. The van der Waals surface area contributed by atoms with Crippen LogP contribution in [0.25, 0.3) is 0 Å². The lowest BCUT2D eigenvalue weighted by atomic mass is 10.1. The van der Waals surface area contributed by atoms with E-state index in [2.05, 4.69) is 5.32 Å². The average Bonchev–Trinajstić information content (AvgIpc) is 2.67. The van der Waals surface area contributed by atoms with E-state index in [0.717, 1.165) is 16.7 Å². The lowest BCUT2D eigenvalue weighted by Crippen LogP contribution is -2.45. The van der Waals surface area contributed by atoms with Gasteiger partial charge in [-0.2, -0.15) is 0 Å². The van der Waals surface area contributed by atoms with Gasteiger partial charge in [-0.15, -0.1) is 0 Å². The molecule has 114 valence electrons. The molecule has 5 heteroatoms. The molecule has 1 N–H and O–H groups in total. The minimum atomic E-state index is -0.272. The monoisotopic (exact) mass is 292 g/mol. The summed E-state index contributed by atoms with van der Waals surface area (Å²) in [6.07, 6.45) is -0.127. The van der Waals surface area contributed by atoms with Crippen molar-refractivity contribution in [3.63, 3.8) is 0 Å². The van der Waals surface area contributed by atoms with Gasteiger partial charge < -0.3 is 9.64 Å². The van der Waals surface area contributed by atoms with Crippen molar-refractivity contribution in [2.24, 2.45) is 0 Å². The number of amides is 1. The quantitative estimate of drug-likeness (QED) is 0.816. The van der Waals surface area contributed by atoms with Crippen LogP contribution in [0.3, 0.4) is 0 Å². The summed E-state index contributed by atoms with van der Waals surface area (Å²) >= 11 is 0. The Morgan fingerprint density at radius 2 is 1.95 bits per heavy atom. The topological polar surface area (TPSA) is 41.6 Å². The third-order valence-electron chi connectivity index (χ3n) is 3.81. The summed E-state index contributed by atoms with van der Waals surface area (Å²) in [5, 5.41) is 3.32. The van der Waals surface area contributed by atoms with Crippen LogP contribution in [0, 0.1) is 5.82 Å². The molecule has 0 saturated heterocycles. The number of carbonyl (C=O) groups is 1. The molecule has 0 aromatic heterocycles. The summed E-state index contributed by atoms with van der Waals surface area (Å²) < 4.78 is 18.0. The molecule has 1 aliphatic rings. The third kappa shape index (κ3) is 3.49. The van der Waals surface area contributed by atoms with Crippen molar-refractivity contribution < 1.29 is 13.9 Å². The standard InChI is InChI=1S/C16H21FN2O2/c1-11-12(2)16(20)19(15(11)18-8-9-21-3)10-13-4-6-14(17)7-5-13/h4-7,15,18H,8-10H2,1-3H3/t15-/m1/s1. The smallest absolute Gasteiger partial charge is 0.251 e. The molecule has 1 heterocycles. The van der Waals surface area contributed by atoms with Gasteiger partial charge in [-0.05, 0) is 37.1 Å². The summed E-state index contributed by atoms with van der Waals surface area (Å²) in [6, 6.07) is 6.24. The molecule has 1 amide bonds. The summed E-state index contributed by atoms with van der Waals surface area (Å²) in [5.74, 6) is -0.251. The second-order valence-corrected chi connectivity index (χ2v) is 5.22. The fraction of sp³-hybridized carbons (Fsp3) is 0.438. The minimum absolute atomic E-state index is 0.0201. The summed E-state index contributed by atoms with van der Waals surface area (Å²) in [5.41, 5.74) is 2.70. The lowest BCUT2D eigenvalue weighted by molar-refractivity contribution is -0.128. The van der Waals surface area contributed by atoms with Crippen molar-refractivity contribution in [2.45, 2.75) is 26.6 Å². The van der Waals surface area contributed by atoms with Crippen molar-refractivity contribution in [1.82, 2.24) is 10.2 Å². The van der Waals surface area contributed by atoms with E-state index >= 15 is 0 Å². The molecule has 0 bridgehead atoms. The summed E-state index contributed by atoms with van der Waals surface area (Å²) in [6.45, 7) is 5.51. The van der Waals surface area contributed by atoms with Gasteiger partial charge in [0, 0.05) is 25.8 Å². The van der Waals surface area contributed by atoms with Gasteiger partial charge in [0.15, 0.2) is 0 Å². The number of methoxy groups -OCH3 is 1. The van der Waals surface area contributed by atoms with Gasteiger partial charge in [0.2, 0.25) is 0 Å². The highest BCUT2D eigenvalue weighted by Gasteiger charge is 2.34. The van der Waals surface area contributed by atoms with Gasteiger partial charge in [0.05, 0.1) is 6.61 Å². The predicted octanol–water partition coefficient (Wildman–Crippen LogP) is 2.07. The average molecular weight is 292 g/mol. The van der Waals surface area contributed by atoms with E-state index < -0.39 is 0 Å². The van der Waals surface area contributed by atoms with Gasteiger partial charge in [-0.3, -0.25) is 10.1 Å². The van der Waals surface area contributed by atoms with E-state index in [-0.39, 0.29) is 17.9 Å². The first-order valence-electron chi connectivity index (χ1n) is 6.99. The molecule has 0 saturated carbocycles. The Labute approximate surface area is 124 Å². The number of carbonyl (C=O) groups excluding carboxylic acids is 1. The normalized spacial score (nSPS) is 18.8. The Bertz CT molecular complexity index is 540. The maximum atomic E-state index is 13.0. The van der Waals surface area contributed by atoms with Gasteiger partial charge in [0.1, 0.15) is 12.0 Å².